The monoisotopic (exact) mass is 1110 g/mol. The molecule has 0 spiro atoms. The minimum Gasteiger partial charge on any atom is -0.383 e. The second-order valence-electron chi connectivity index (χ2n) is 18.4. The van der Waals surface area contributed by atoms with Crippen LogP contribution in [0.1, 0.15) is 141 Å². The highest BCUT2D eigenvalue weighted by molar-refractivity contribution is 5.92. The van der Waals surface area contributed by atoms with Gasteiger partial charge in [-0.05, 0) is 69.2 Å². The van der Waals surface area contributed by atoms with Gasteiger partial charge in [0.15, 0.2) is 0 Å². The molecule has 0 saturated heterocycles. The van der Waals surface area contributed by atoms with Crippen LogP contribution in [0.2, 0.25) is 0 Å². The van der Waals surface area contributed by atoms with E-state index < -0.39 is 35.6 Å². The number of ketones is 1. The van der Waals surface area contributed by atoms with Gasteiger partial charge in [-0.3, -0.25) is 42.9 Å². The van der Waals surface area contributed by atoms with Gasteiger partial charge >= 0.3 is 23.5 Å². The molecule has 0 radical (unpaired) electrons. The third kappa shape index (κ3) is 19.4. The van der Waals surface area contributed by atoms with Gasteiger partial charge in [0.1, 0.15) is 46.4 Å². The average Bonchev–Trinajstić information content (AvgIpc) is 3.96. The first kappa shape index (κ1) is 64.6. The highest BCUT2D eigenvalue weighted by atomic mass is 19.4. The molecule has 0 unspecified atom stereocenters. The fourth-order valence-electron chi connectivity index (χ4n) is 6.63. The van der Waals surface area contributed by atoms with E-state index in [1.807, 2.05) is 54.2 Å². The van der Waals surface area contributed by atoms with E-state index in [1.165, 1.54) is 35.5 Å². The number of nitrogen functional groups attached to an aromatic ring is 2. The summed E-state index contributed by atoms with van der Waals surface area (Å²) in [5, 5.41) is 7.99. The predicted molar refractivity (Wildman–Crippen MR) is 297 cm³/mol. The third-order valence-corrected chi connectivity index (χ3v) is 10.6. The summed E-state index contributed by atoms with van der Waals surface area (Å²) in [4.78, 5) is 111. The number of anilines is 2. The Morgan fingerprint density at radius 3 is 1.59 bits per heavy atom. The van der Waals surface area contributed by atoms with Crippen molar-refractivity contribution in [3.05, 3.63) is 101 Å². The topological polar surface area (TPSA) is 328 Å². The van der Waals surface area contributed by atoms with E-state index in [2.05, 4.69) is 96.8 Å². The number of amides is 3. The van der Waals surface area contributed by atoms with Crippen LogP contribution < -0.4 is 49.9 Å². The number of carbonyl (C=O) groups excluding carboxylic acids is 4. The molecule has 6 aromatic heterocycles. The van der Waals surface area contributed by atoms with Crippen LogP contribution >= 0.6 is 0 Å². The molecule has 9 N–H and O–H groups in total. The van der Waals surface area contributed by atoms with Gasteiger partial charge in [0.25, 0.3) is 11.1 Å². The van der Waals surface area contributed by atoms with Gasteiger partial charge in [0, 0.05) is 75.6 Å². The Morgan fingerprint density at radius 2 is 1.06 bits per heavy atom. The standard InChI is InChI=1S/C16H19N3O2.C14H17N5O.C12H12F3N3O3.C12H16N4O2/c1-10(2)19-9-13(8-6-5-7-11(3)20)14-15(19)17-12(4)18-16(14)21;1-9(2)19-7-11(5-4-6-16-10(3)20)12-13(15)17-8-18-14(12)19;1-7(2)18-6-8(9(19)17-11(18)21)4-3-5-16-10(20)12(13,14)15;1-8(2)16-7-10(11(13)15-12(16)18)5-4-6-14-9(3)17/h9-10H,5,7H2,1-4H3,(H,17,18,21);7-9H,6H2,1-3H3,(H,16,20)(H2,15,17,18);6-7H,5H2,1-2H3,(H,16,20)(H,17,19,21);7-8H,6H2,1-3H3,(H,14,17)(H2,13,15,18). The number of halogens is 3. The minimum absolute atomic E-state index is 0.0125. The molecule has 0 saturated carbocycles. The van der Waals surface area contributed by atoms with E-state index in [0.29, 0.717) is 53.2 Å². The second-order valence-corrected chi connectivity index (χ2v) is 18.4. The number of H-pyrrole nitrogens is 2. The fourth-order valence-corrected chi connectivity index (χ4v) is 6.63. The lowest BCUT2D eigenvalue weighted by molar-refractivity contribution is -0.173. The van der Waals surface area contributed by atoms with Crippen LogP contribution in [0.4, 0.5) is 24.8 Å². The largest absolute Gasteiger partial charge is 0.471 e. The summed E-state index contributed by atoms with van der Waals surface area (Å²) in [5.74, 6) is 20.8. The maximum absolute atomic E-state index is 12.2. The highest BCUT2D eigenvalue weighted by Crippen LogP contribution is 2.26. The lowest BCUT2D eigenvalue weighted by Gasteiger charge is -2.09. The van der Waals surface area contributed by atoms with Gasteiger partial charge in [-0.1, -0.05) is 47.4 Å². The van der Waals surface area contributed by atoms with Crippen molar-refractivity contribution in [2.75, 3.05) is 31.1 Å². The number of hydrogen-bond acceptors (Lipinski definition) is 14. The Bertz CT molecular complexity index is 3760. The normalized spacial score (nSPS) is 10.5. The van der Waals surface area contributed by atoms with E-state index in [-0.39, 0.29) is 65.3 Å². The molecule has 3 amide bonds. The van der Waals surface area contributed by atoms with Gasteiger partial charge < -0.3 is 41.5 Å². The van der Waals surface area contributed by atoms with Gasteiger partial charge in [-0.15, -0.1) is 0 Å². The molecule has 6 heterocycles. The molecule has 0 bridgehead atoms. The average molecular weight is 1110 g/mol. The number of alkyl halides is 3. The maximum Gasteiger partial charge on any atom is 0.471 e. The number of nitrogens with two attached hydrogens (primary N) is 2. The van der Waals surface area contributed by atoms with Crippen molar-refractivity contribution >= 4 is 57.2 Å². The van der Waals surface area contributed by atoms with E-state index in [1.54, 1.807) is 39.2 Å². The molecule has 6 aromatic rings. The number of aromatic nitrogens is 10. The van der Waals surface area contributed by atoms with Crippen molar-refractivity contribution < 1.29 is 32.3 Å². The third-order valence-electron chi connectivity index (χ3n) is 10.6. The van der Waals surface area contributed by atoms with Crippen molar-refractivity contribution in [2.24, 2.45) is 0 Å². The first-order valence-corrected chi connectivity index (χ1v) is 24.7. The van der Waals surface area contributed by atoms with Crippen molar-refractivity contribution in [3.8, 4) is 47.4 Å². The summed E-state index contributed by atoms with van der Waals surface area (Å²) in [7, 11) is 0. The molecule has 0 aliphatic rings. The van der Waals surface area contributed by atoms with Crippen molar-refractivity contribution in [3.63, 3.8) is 0 Å². The number of aromatic amines is 2. The van der Waals surface area contributed by atoms with Crippen LogP contribution in [0.15, 0.2) is 50.3 Å². The zero-order valence-corrected chi connectivity index (χ0v) is 46.4. The number of hydrogen-bond donors (Lipinski definition) is 7. The lowest BCUT2D eigenvalue weighted by atomic mass is 10.2. The zero-order chi connectivity index (χ0) is 60.2. The summed E-state index contributed by atoms with van der Waals surface area (Å²) in [6.45, 7) is 21.5. The summed E-state index contributed by atoms with van der Waals surface area (Å²) >= 11 is 0. The summed E-state index contributed by atoms with van der Waals surface area (Å²) in [6.07, 6.45) is 3.97. The Morgan fingerprint density at radius 1 is 0.588 bits per heavy atom. The molecular formula is C54H64F3N15O8. The zero-order valence-electron chi connectivity index (χ0n) is 46.4. The van der Waals surface area contributed by atoms with Gasteiger partial charge in [-0.25, -0.2) is 24.5 Å². The maximum atomic E-state index is 12.2. The van der Waals surface area contributed by atoms with Crippen LogP contribution in [-0.4, -0.2) is 97.5 Å². The van der Waals surface area contributed by atoms with Crippen molar-refractivity contribution in [1.82, 2.24) is 64.1 Å². The number of aryl methyl sites for hydroxylation is 1. The summed E-state index contributed by atoms with van der Waals surface area (Å²) in [5.41, 5.74) is 12.9. The summed E-state index contributed by atoms with van der Waals surface area (Å²) in [6, 6.07) is 0.202. The number of nitrogens with one attached hydrogen (secondary N) is 5. The second kappa shape index (κ2) is 29.7. The van der Waals surface area contributed by atoms with Crippen LogP contribution in [0.3, 0.4) is 0 Å². The fraction of sp³-hybridized carbons (Fsp3) is 0.407. The Labute approximate surface area is 458 Å². The van der Waals surface area contributed by atoms with E-state index in [0.717, 1.165) is 16.6 Å². The van der Waals surface area contributed by atoms with Gasteiger partial charge in [0.2, 0.25) is 11.8 Å². The molecule has 0 atom stereocenters. The molecule has 424 valence electrons. The first-order chi connectivity index (χ1) is 37.4. The number of Topliss-reactive ketones (excluding diaryl/α,β-unsaturated/α-hetero) is 1. The molecule has 0 fully saturated rings. The first-order valence-electron chi connectivity index (χ1n) is 24.7. The quantitative estimate of drug-likeness (QED) is 0.102. The number of nitrogens with zero attached hydrogens (tertiary/aromatic N) is 8. The Kier molecular flexibility index (Phi) is 24.0. The van der Waals surface area contributed by atoms with Gasteiger partial charge in [-0.2, -0.15) is 18.2 Å². The number of fused-ring (bicyclic) bond motifs is 2. The van der Waals surface area contributed by atoms with Crippen LogP contribution in [-0.2, 0) is 19.2 Å². The molecule has 0 aliphatic carbocycles. The molecule has 0 aromatic carbocycles. The van der Waals surface area contributed by atoms with Gasteiger partial charge in [0.05, 0.1) is 47.1 Å². The molecule has 80 heavy (non-hydrogen) atoms. The molecule has 0 aliphatic heterocycles. The van der Waals surface area contributed by atoms with Crippen LogP contribution in [0.25, 0.3) is 22.1 Å². The van der Waals surface area contributed by atoms with E-state index in [4.69, 9.17) is 11.5 Å². The van der Waals surface area contributed by atoms with E-state index >= 15 is 0 Å². The van der Waals surface area contributed by atoms with E-state index in [9.17, 15) is 51.5 Å². The van der Waals surface area contributed by atoms with Crippen molar-refractivity contribution in [2.45, 2.75) is 126 Å². The molecule has 26 heteroatoms. The Balaban J connectivity index is 0.000000281. The molecule has 6 rings (SSSR count). The Hall–Kier alpha value is -9.69. The molecule has 23 nitrogen and oxygen atoms in total. The number of carbonyl (C=O) groups is 4. The summed E-state index contributed by atoms with van der Waals surface area (Å²) < 4.78 is 42.3. The lowest BCUT2D eigenvalue weighted by Crippen LogP contribution is -2.36. The minimum atomic E-state index is -4.98. The predicted octanol–water partition coefficient (Wildman–Crippen LogP) is 3.46. The highest BCUT2D eigenvalue weighted by Gasteiger charge is 2.38. The number of rotatable bonds is 9. The van der Waals surface area contributed by atoms with Crippen molar-refractivity contribution in [1.29, 1.82) is 0 Å². The molecular weight excluding hydrogens is 1040 g/mol. The smallest absolute Gasteiger partial charge is 0.383 e. The van der Waals surface area contributed by atoms with Crippen LogP contribution in [0.5, 0.6) is 0 Å². The SMILES string of the molecule is CC(=O)CCC#Cc1cn(C(C)C)c2nc(C)[nH]c(=O)c12.CC(=O)NCC#Cc1cn(C(C)C)c(=O)nc1N.CC(=O)NCC#Cc1cn(C(C)C)c2ncnc(N)c12.CC(C)n1cc(C#CCNC(=O)C(F)(F)F)c(=O)[nH]c1=O. The van der Waals surface area contributed by atoms with Crippen LogP contribution in [0, 0.1) is 54.3 Å².